The van der Waals surface area contributed by atoms with Crippen LogP contribution in [0.5, 0.6) is 0 Å². The van der Waals surface area contributed by atoms with Gasteiger partial charge in [-0.15, -0.1) is 0 Å². The molecule has 0 aliphatic heterocycles. The molecule has 0 spiro atoms. The molecule has 0 aromatic rings. The normalized spacial score (nSPS) is 37.0. The van der Waals surface area contributed by atoms with Gasteiger partial charge in [0.15, 0.2) is 5.78 Å². The van der Waals surface area contributed by atoms with Crippen LogP contribution in [-0.4, -0.2) is 18.5 Å². The third kappa shape index (κ3) is 2.42. The van der Waals surface area contributed by atoms with Crippen LogP contribution in [0.4, 0.5) is 0 Å². The Balaban J connectivity index is 2.04. The van der Waals surface area contributed by atoms with Crippen molar-refractivity contribution in [3.05, 3.63) is 0 Å². The van der Waals surface area contributed by atoms with Crippen LogP contribution in [0, 0.1) is 17.8 Å². The van der Waals surface area contributed by atoms with Crippen LogP contribution in [0.25, 0.3) is 0 Å². The molecule has 2 fully saturated rings. The van der Waals surface area contributed by atoms with E-state index in [0.29, 0.717) is 11.7 Å². The zero-order chi connectivity index (χ0) is 12.5. The number of rotatable bonds is 3. The van der Waals surface area contributed by atoms with E-state index < -0.39 is 5.60 Å². The van der Waals surface area contributed by atoms with Crippen LogP contribution in [0.3, 0.4) is 0 Å². The first kappa shape index (κ1) is 13.1. The molecule has 0 aromatic heterocycles. The molecule has 3 atom stereocenters. The molecule has 2 rings (SSSR count). The second kappa shape index (κ2) is 5.09. The molecule has 2 saturated carbocycles. The van der Waals surface area contributed by atoms with Gasteiger partial charge in [-0.1, -0.05) is 13.8 Å². The molecular formula is C15H26O2. The first-order valence-electron chi connectivity index (χ1n) is 7.18. The van der Waals surface area contributed by atoms with Gasteiger partial charge in [-0.25, -0.2) is 0 Å². The maximum atomic E-state index is 12.7. The molecule has 0 bridgehead atoms. The van der Waals surface area contributed by atoms with Gasteiger partial charge >= 0.3 is 0 Å². The molecule has 17 heavy (non-hydrogen) atoms. The number of Topliss-reactive ketones (excluding diaryl/α,β-unsaturated/α-hetero) is 1. The van der Waals surface area contributed by atoms with Crippen LogP contribution < -0.4 is 0 Å². The molecular weight excluding hydrogens is 212 g/mol. The molecule has 3 unspecified atom stereocenters. The Hall–Kier alpha value is -0.370. The Morgan fingerprint density at radius 2 is 1.76 bits per heavy atom. The molecule has 0 aromatic carbocycles. The van der Waals surface area contributed by atoms with Crippen molar-refractivity contribution in [2.75, 3.05) is 7.11 Å². The van der Waals surface area contributed by atoms with Crippen LogP contribution in [0.15, 0.2) is 0 Å². The minimum absolute atomic E-state index is 0.263. The van der Waals surface area contributed by atoms with Gasteiger partial charge in [0.2, 0.25) is 0 Å². The van der Waals surface area contributed by atoms with Crippen LogP contribution in [0.1, 0.15) is 58.8 Å². The van der Waals surface area contributed by atoms with Crippen LogP contribution >= 0.6 is 0 Å². The van der Waals surface area contributed by atoms with Crippen molar-refractivity contribution in [2.45, 2.75) is 64.4 Å². The highest BCUT2D eigenvalue weighted by Gasteiger charge is 2.45. The Kier molecular flexibility index (Phi) is 3.92. The number of ether oxygens (including phenoxy) is 1. The first-order chi connectivity index (χ1) is 8.09. The third-order valence-electron chi connectivity index (χ3n) is 5.22. The SMILES string of the molecule is COC1(C(=O)C2CCC(C)C(C)C2)CCCC1. The highest BCUT2D eigenvalue weighted by atomic mass is 16.5. The lowest BCUT2D eigenvalue weighted by Crippen LogP contribution is -2.43. The van der Waals surface area contributed by atoms with Gasteiger partial charge in [0.1, 0.15) is 5.60 Å². The van der Waals surface area contributed by atoms with Gasteiger partial charge in [-0.05, 0) is 56.8 Å². The molecule has 0 amide bonds. The Bertz CT molecular complexity index is 279. The Labute approximate surface area is 105 Å². The fourth-order valence-electron chi connectivity index (χ4n) is 3.65. The van der Waals surface area contributed by atoms with Crippen molar-refractivity contribution in [1.82, 2.24) is 0 Å². The van der Waals surface area contributed by atoms with Crippen LogP contribution in [-0.2, 0) is 9.53 Å². The zero-order valence-corrected chi connectivity index (χ0v) is 11.5. The second-order valence-corrected chi connectivity index (χ2v) is 6.23. The number of hydrogen-bond donors (Lipinski definition) is 0. The second-order valence-electron chi connectivity index (χ2n) is 6.23. The van der Waals surface area contributed by atoms with E-state index in [9.17, 15) is 4.79 Å². The van der Waals surface area contributed by atoms with Crippen molar-refractivity contribution in [1.29, 1.82) is 0 Å². The smallest absolute Gasteiger partial charge is 0.167 e. The first-order valence-corrected chi connectivity index (χ1v) is 7.18. The summed E-state index contributed by atoms with van der Waals surface area (Å²) in [6.07, 6.45) is 7.56. The minimum Gasteiger partial charge on any atom is -0.370 e. The molecule has 0 saturated heterocycles. The van der Waals surface area contributed by atoms with Gasteiger partial charge < -0.3 is 4.74 Å². The molecule has 2 heteroatoms. The summed E-state index contributed by atoms with van der Waals surface area (Å²) >= 11 is 0. The fraction of sp³-hybridized carbons (Fsp3) is 0.933. The fourth-order valence-corrected chi connectivity index (χ4v) is 3.65. The van der Waals surface area contributed by atoms with E-state index in [2.05, 4.69) is 13.8 Å². The summed E-state index contributed by atoms with van der Waals surface area (Å²) in [5.41, 5.74) is -0.412. The van der Waals surface area contributed by atoms with E-state index in [1.54, 1.807) is 7.11 Å². The van der Waals surface area contributed by atoms with E-state index in [1.165, 1.54) is 6.42 Å². The predicted molar refractivity (Wildman–Crippen MR) is 68.9 cm³/mol. The lowest BCUT2D eigenvalue weighted by molar-refractivity contribution is -0.146. The summed E-state index contributed by atoms with van der Waals surface area (Å²) < 4.78 is 5.63. The quantitative estimate of drug-likeness (QED) is 0.751. The Morgan fingerprint density at radius 1 is 1.12 bits per heavy atom. The van der Waals surface area contributed by atoms with Gasteiger partial charge in [-0.2, -0.15) is 0 Å². The standard InChI is InChI=1S/C15H26O2/c1-11-6-7-13(10-12(11)2)14(16)15(17-3)8-4-5-9-15/h11-13H,4-10H2,1-3H3. The average Bonchev–Trinajstić information content (AvgIpc) is 2.81. The summed E-state index contributed by atoms with van der Waals surface area (Å²) in [4.78, 5) is 12.7. The number of methoxy groups -OCH3 is 1. The van der Waals surface area contributed by atoms with E-state index in [1.807, 2.05) is 0 Å². The van der Waals surface area contributed by atoms with Gasteiger partial charge in [-0.3, -0.25) is 4.79 Å². The summed E-state index contributed by atoms with van der Waals surface area (Å²) in [5, 5.41) is 0. The van der Waals surface area contributed by atoms with Gasteiger partial charge in [0, 0.05) is 13.0 Å². The van der Waals surface area contributed by atoms with Crippen molar-refractivity contribution in [3.8, 4) is 0 Å². The largest absolute Gasteiger partial charge is 0.370 e. The predicted octanol–water partition coefficient (Wildman–Crippen LogP) is 3.59. The van der Waals surface area contributed by atoms with Crippen molar-refractivity contribution in [2.24, 2.45) is 17.8 Å². The molecule has 2 aliphatic carbocycles. The summed E-state index contributed by atoms with van der Waals surface area (Å²) in [6.45, 7) is 4.60. The van der Waals surface area contributed by atoms with E-state index in [0.717, 1.165) is 44.4 Å². The molecule has 0 radical (unpaired) electrons. The highest BCUT2D eigenvalue weighted by Crippen LogP contribution is 2.41. The number of hydrogen-bond acceptors (Lipinski definition) is 2. The van der Waals surface area contributed by atoms with Crippen molar-refractivity contribution < 1.29 is 9.53 Å². The lowest BCUT2D eigenvalue weighted by atomic mass is 9.71. The summed E-state index contributed by atoms with van der Waals surface area (Å²) in [6, 6.07) is 0. The third-order valence-corrected chi connectivity index (χ3v) is 5.22. The Morgan fingerprint density at radius 3 is 2.29 bits per heavy atom. The molecule has 2 aliphatic rings. The van der Waals surface area contributed by atoms with E-state index in [-0.39, 0.29) is 5.92 Å². The van der Waals surface area contributed by atoms with Crippen molar-refractivity contribution in [3.63, 3.8) is 0 Å². The highest BCUT2D eigenvalue weighted by molar-refractivity contribution is 5.89. The lowest BCUT2D eigenvalue weighted by Gasteiger charge is -2.36. The maximum absolute atomic E-state index is 12.7. The van der Waals surface area contributed by atoms with E-state index >= 15 is 0 Å². The average molecular weight is 238 g/mol. The molecule has 0 heterocycles. The maximum Gasteiger partial charge on any atom is 0.167 e. The zero-order valence-electron chi connectivity index (χ0n) is 11.5. The van der Waals surface area contributed by atoms with E-state index in [4.69, 9.17) is 4.74 Å². The topological polar surface area (TPSA) is 26.3 Å². The summed E-state index contributed by atoms with van der Waals surface area (Å²) in [7, 11) is 1.72. The summed E-state index contributed by atoms with van der Waals surface area (Å²) in [5.74, 6) is 2.14. The van der Waals surface area contributed by atoms with Gasteiger partial charge in [0.05, 0.1) is 0 Å². The molecule has 98 valence electrons. The molecule has 2 nitrogen and oxygen atoms in total. The van der Waals surface area contributed by atoms with Crippen molar-refractivity contribution >= 4 is 5.78 Å². The van der Waals surface area contributed by atoms with Gasteiger partial charge in [0.25, 0.3) is 0 Å². The molecule has 0 N–H and O–H groups in total. The van der Waals surface area contributed by atoms with Crippen LogP contribution in [0.2, 0.25) is 0 Å². The number of ketones is 1. The number of carbonyl (C=O) groups is 1. The number of carbonyl (C=O) groups excluding carboxylic acids is 1. The monoisotopic (exact) mass is 238 g/mol. The minimum atomic E-state index is -0.412.